The Labute approximate surface area is 163 Å². The summed E-state index contributed by atoms with van der Waals surface area (Å²) in [5.74, 6) is 0.815. The molecule has 0 saturated heterocycles. The van der Waals surface area contributed by atoms with Crippen molar-refractivity contribution in [2.45, 2.75) is 52.3 Å². The zero-order valence-corrected chi connectivity index (χ0v) is 17.7. The molecule has 1 aliphatic rings. The molecule has 0 aliphatic heterocycles. The molecule has 0 radical (unpaired) electrons. The van der Waals surface area contributed by atoms with Gasteiger partial charge in [-0.1, -0.05) is 26.0 Å². The van der Waals surface area contributed by atoms with Crippen molar-refractivity contribution in [3.63, 3.8) is 0 Å². The van der Waals surface area contributed by atoms with Gasteiger partial charge in [-0.25, -0.2) is 4.99 Å². The van der Waals surface area contributed by atoms with Crippen molar-refractivity contribution in [3.8, 4) is 0 Å². The van der Waals surface area contributed by atoms with E-state index in [-0.39, 0.29) is 16.9 Å². The van der Waals surface area contributed by atoms with Crippen LogP contribution in [0.2, 0.25) is 0 Å². The first-order valence-corrected chi connectivity index (χ1v) is 9.55. The smallest absolute Gasteiger partial charge is 0.253 e. The monoisotopic (exact) mass is 374 g/mol. The number of hydrogen-bond acceptors (Lipinski definition) is 3. The summed E-state index contributed by atoms with van der Waals surface area (Å²) in [5.41, 5.74) is 1.66. The molecule has 27 heavy (non-hydrogen) atoms. The SMILES string of the molecule is CCNC(=NCc1ccc(C(=O)N(C)C)cc1)NC1CC(C)(OC)C1(C)C. The molecule has 0 heterocycles. The van der Waals surface area contributed by atoms with Gasteiger partial charge in [-0.05, 0) is 38.0 Å². The summed E-state index contributed by atoms with van der Waals surface area (Å²) in [4.78, 5) is 18.3. The molecule has 0 bridgehead atoms. The van der Waals surface area contributed by atoms with Gasteiger partial charge in [0.2, 0.25) is 0 Å². The molecule has 1 amide bonds. The molecule has 1 aromatic rings. The van der Waals surface area contributed by atoms with Gasteiger partial charge in [-0.15, -0.1) is 0 Å². The highest BCUT2D eigenvalue weighted by atomic mass is 16.5. The molecule has 1 fully saturated rings. The molecular weight excluding hydrogens is 340 g/mol. The quantitative estimate of drug-likeness (QED) is 0.593. The van der Waals surface area contributed by atoms with Crippen LogP contribution in [0.25, 0.3) is 0 Å². The number of carbonyl (C=O) groups is 1. The number of amides is 1. The second kappa shape index (κ2) is 8.30. The maximum absolute atomic E-state index is 12.0. The predicted molar refractivity (Wildman–Crippen MR) is 110 cm³/mol. The predicted octanol–water partition coefficient (Wildman–Crippen LogP) is 2.65. The lowest BCUT2D eigenvalue weighted by Gasteiger charge is -2.59. The van der Waals surface area contributed by atoms with E-state index in [9.17, 15) is 4.79 Å². The summed E-state index contributed by atoms with van der Waals surface area (Å²) < 4.78 is 5.71. The van der Waals surface area contributed by atoms with Crippen molar-refractivity contribution < 1.29 is 9.53 Å². The molecule has 6 heteroatoms. The first-order chi connectivity index (χ1) is 12.6. The van der Waals surface area contributed by atoms with Crippen LogP contribution in [0.5, 0.6) is 0 Å². The number of carbonyl (C=O) groups excluding carboxylic acids is 1. The number of ether oxygens (including phenoxy) is 1. The third kappa shape index (κ3) is 4.43. The van der Waals surface area contributed by atoms with Gasteiger partial charge in [0, 0.05) is 44.8 Å². The largest absolute Gasteiger partial charge is 0.378 e. The lowest BCUT2D eigenvalue weighted by atomic mass is 9.56. The number of benzene rings is 1. The normalized spacial score (nSPS) is 24.1. The Kier molecular flexibility index (Phi) is 6.52. The van der Waals surface area contributed by atoms with Crippen molar-refractivity contribution in [3.05, 3.63) is 35.4 Å². The molecule has 150 valence electrons. The Hall–Kier alpha value is -2.08. The zero-order chi connectivity index (χ0) is 20.2. The number of guanidine groups is 1. The van der Waals surface area contributed by atoms with Gasteiger partial charge in [-0.3, -0.25) is 4.79 Å². The summed E-state index contributed by atoms with van der Waals surface area (Å²) >= 11 is 0. The van der Waals surface area contributed by atoms with Gasteiger partial charge in [0.15, 0.2) is 5.96 Å². The van der Waals surface area contributed by atoms with Crippen molar-refractivity contribution in [2.75, 3.05) is 27.7 Å². The third-order valence-electron chi connectivity index (χ3n) is 5.96. The molecule has 1 aliphatic carbocycles. The van der Waals surface area contributed by atoms with Gasteiger partial charge in [0.25, 0.3) is 5.91 Å². The highest BCUT2D eigenvalue weighted by molar-refractivity contribution is 5.93. The highest BCUT2D eigenvalue weighted by Crippen LogP contribution is 2.51. The second-order valence-electron chi connectivity index (χ2n) is 8.15. The van der Waals surface area contributed by atoms with Crippen LogP contribution in [0.3, 0.4) is 0 Å². The number of rotatable bonds is 6. The lowest BCUT2D eigenvalue weighted by molar-refractivity contribution is -0.176. The topological polar surface area (TPSA) is 66.0 Å². The van der Waals surface area contributed by atoms with Crippen LogP contribution in [0.4, 0.5) is 0 Å². The fourth-order valence-corrected chi connectivity index (χ4v) is 3.39. The van der Waals surface area contributed by atoms with E-state index in [1.807, 2.05) is 24.3 Å². The Balaban J connectivity index is 2.03. The minimum absolute atomic E-state index is 0.00784. The summed E-state index contributed by atoms with van der Waals surface area (Å²) in [5, 5.41) is 6.86. The first kappa shape index (κ1) is 21.2. The van der Waals surface area contributed by atoms with Crippen LogP contribution in [-0.2, 0) is 11.3 Å². The highest BCUT2D eigenvalue weighted by Gasteiger charge is 2.58. The first-order valence-electron chi connectivity index (χ1n) is 9.55. The van der Waals surface area contributed by atoms with Crippen LogP contribution in [0.1, 0.15) is 50.0 Å². The van der Waals surface area contributed by atoms with E-state index in [1.54, 1.807) is 26.1 Å². The van der Waals surface area contributed by atoms with Gasteiger partial charge >= 0.3 is 0 Å². The number of nitrogens with one attached hydrogen (secondary N) is 2. The zero-order valence-electron chi connectivity index (χ0n) is 17.7. The van der Waals surface area contributed by atoms with E-state index in [0.29, 0.717) is 18.2 Å². The van der Waals surface area contributed by atoms with Gasteiger partial charge in [0.1, 0.15) is 0 Å². The van der Waals surface area contributed by atoms with Crippen LogP contribution >= 0.6 is 0 Å². The van der Waals surface area contributed by atoms with Gasteiger partial charge in [0.05, 0.1) is 12.1 Å². The lowest BCUT2D eigenvalue weighted by Crippen LogP contribution is -2.69. The summed E-state index contributed by atoms with van der Waals surface area (Å²) in [6.07, 6.45) is 0.947. The van der Waals surface area contributed by atoms with Crippen molar-refractivity contribution in [1.82, 2.24) is 15.5 Å². The molecule has 6 nitrogen and oxygen atoms in total. The second-order valence-corrected chi connectivity index (χ2v) is 8.15. The Morgan fingerprint density at radius 1 is 1.26 bits per heavy atom. The molecule has 2 atom stereocenters. The Morgan fingerprint density at radius 3 is 2.37 bits per heavy atom. The van der Waals surface area contributed by atoms with Crippen molar-refractivity contribution in [2.24, 2.45) is 10.4 Å². The summed E-state index contributed by atoms with van der Waals surface area (Å²) in [7, 11) is 5.29. The van der Waals surface area contributed by atoms with Crippen LogP contribution < -0.4 is 10.6 Å². The van der Waals surface area contributed by atoms with E-state index in [4.69, 9.17) is 9.73 Å². The van der Waals surface area contributed by atoms with E-state index < -0.39 is 0 Å². The standard InChI is InChI=1S/C21H34N4O2/c1-8-22-19(24-17-13-21(4,27-7)20(17,2)3)23-14-15-9-11-16(12-10-15)18(26)25(5)6/h9-12,17H,8,13-14H2,1-7H3,(H2,22,23,24). The number of methoxy groups -OCH3 is 1. The maximum Gasteiger partial charge on any atom is 0.253 e. The van der Waals surface area contributed by atoms with E-state index >= 15 is 0 Å². The van der Waals surface area contributed by atoms with Crippen molar-refractivity contribution >= 4 is 11.9 Å². The molecule has 0 aromatic heterocycles. The average molecular weight is 375 g/mol. The molecule has 1 aromatic carbocycles. The van der Waals surface area contributed by atoms with Gasteiger partial charge < -0.3 is 20.3 Å². The number of nitrogens with zero attached hydrogens (tertiary/aromatic N) is 2. The average Bonchev–Trinajstić information content (AvgIpc) is 2.65. The maximum atomic E-state index is 12.0. The fourth-order valence-electron chi connectivity index (χ4n) is 3.39. The minimum atomic E-state index is -0.114. The van der Waals surface area contributed by atoms with Crippen LogP contribution in [-0.4, -0.2) is 56.2 Å². The van der Waals surface area contributed by atoms with Crippen molar-refractivity contribution in [1.29, 1.82) is 0 Å². The Bertz CT molecular complexity index is 682. The molecule has 0 spiro atoms. The van der Waals surface area contributed by atoms with E-state index in [1.165, 1.54) is 0 Å². The molecule has 2 rings (SSSR count). The van der Waals surface area contributed by atoms with E-state index in [2.05, 4.69) is 38.3 Å². The van der Waals surface area contributed by atoms with Crippen LogP contribution in [0, 0.1) is 5.41 Å². The molecule has 2 unspecified atom stereocenters. The molecule has 1 saturated carbocycles. The van der Waals surface area contributed by atoms with Crippen LogP contribution in [0.15, 0.2) is 29.3 Å². The molecule has 2 N–H and O–H groups in total. The van der Waals surface area contributed by atoms with E-state index in [0.717, 1.165) is 24.5 Å². The summed E-state index contributed by atoms with van der Waals surface area (Å²) in [6, 6.07) is 7.93. The number of hydrogen-bond donors (Lipinski definition) is 2. The minimum Gasteiger partial charge on any atom is -0.378 e. The fraction of sp³-hybridized carbons (Fsp3) is 0.619. The van der Waals surface area contributed by atoms with Gasteiger partial charge in [-0.2, -0.15) is 0 Å². The molecular formula is C21H34N4O2. The number of aliphatic imine (C=N–C) groups is 1. The third-order valence-corrected chi connectivity index (χ3v) is 5.96. The summed E-state index contributed by atoms with van der Waals surface area (Å²) in [6.45, 7) is 10.0. The Morgan fingerprint density at radius 2 is 1.89 bits per heavy atom.